The number of urea groups is 1. The van der Waals surface area contributed by atoms with Gasteiger partial charge in [-0.05, 0) is 36.5 Å². The number of likely N-dealkylation sites (tertiary alicyclic amines) is 1. The van der Waals surface area contributed by atoms with Crippen LogP contribution < -0.4 is 11.1 Å². The zero-order chi connectivity index (χ0) is 15.0. The highest BCUT2D eigenvalue weighted by molar-refractivity contribution is 6.31. The van der Waals surface area contributed by atoms with Crippen LogP contribution in [0.2, 0.25) is 5.02 Å². The first-order valence-electron chi connectivity index (χ1n) is 7.18. The first-order chi connectivity index (χ1) is 10.1. The Bertz CT molecular complexity index is 590. The van der Waals surface area contributed by atoms with E-state index in [4.69, 9.17) is 17.3 Å². The largest absolute Gasteiger partial charge is 0.369 e. The van der Waals surface area contributed by atoms with Crippen molar-refractivity contribution < 1.29 is 9.59 Å². The molecule has 0 aromatic heterocycles. The Morgan fingerprint density at radius 2 is 2.14 bits per heavy atom. The fraction of sp³-hybridized carbons (Fsp3) is 0.467. The van der Waals surface area contributed by atoms with Gasteiger partial charge in [0.25, 0.3) is 0 Å². The molecule has 2 aliphatic rings. The second-order valence-electron chi connectivity index (χ2n) is 5.68. The normalized spacial score (nSPS) is 24.0. The van der Waals surface area contributed by atoms with Gasteiger partial charge in [0.05, 0.1) is 12.0 Å². The van der Waals surface area contributed by atoms with Crippen LogP contribution in [0.25, 0.3) is 0 Å². The molecule has 1 aromatic carbocycles. The van der Waals surface area contributed by atoms with E-state index in [0.717, 1.165) is 29.0 Å². The molecule has 3 amide bonds. The molecular weight excluding hydrogens is 290 g/mol. The molecule has 6 heteroatoms. The lowest BCUT2D eigenvalue weighted by Crippen LogP contribution is -2.40. The van der Waals surface area contributed by atoms with Crippen molar-refractivity contribution in [2.45, 2.75) is 25.3 Å². The van der Waals surface area contributed by atoms with Gasteiger partial charge in [0.15, 0.2) is 0 Å². The minimum absolute atomic E-state index is 0.00109. The number of primary amides is 1. The van der Waals surface area contributed by atoms with Gasteiger partial charge in [-0.2, -0.15) is 0 Å². The van der Waals surface area contributed by atoms with Crippen molar-refractivity contribution in [1.29, 1.82) is 0 Å². The SMILES string of the molecule is NC(=O)[C@@H]1CCN(C(=O)N[C@@H]2CCc3c(Cl)cccc32)C1. The summed E-state index contributed by atoms with van der Waals surface area (Å²) in [4.78, 5) is 25.1. The lowest BCUT2D eigenvalue weighted by atomic mass is 10.1. The molecule has 21 heavy (non-hydrogen) atoms. The Morgan fingerprint density at radius 1 is 1.33 bits per heavy atom. The van der Waals surface area contributed by atoms with Gasteiger partial charge in [0, 0.05) is 18.1 Å². The number of nitrogens with one attached hydrogen (secondary N) is 1. The van der Waals surface area contributed by atoms with Crippen molar-refractivity contribution in [2.24, 2.45) is 11.7 Å². The third-order valence-corrected chi connectivity index (χ3v) is 4.74. The van der Waals surface area contributed by atoms with Crippen LogP contribution in [0.15, 0.2) is 18.2 Å². The van der Waals surface area contributed by atoms with Gasteiger partial charge in [0.2, 0.25) is 5.91 Å². The minimum Gasteiger partial charge on any atom is -0.369 e. The molecule has 112 valence electrons. The molecule has 0 spiro atoms. The van der Waals surface area contributed by atoms with Crippen molar-refractivity contribution in [3.8, 4) is 0 Å². The van der Waals surface area contributed by atoms with E-state index < -0.39 is 0 Å². The predicted octanol–water partition coefficient (Wildman–Crippen LogP) is 1.84. The monoisotopic (exact) mass is 307 g/mol. The highest BCUT2D eigenvalue weighted by Gasteiger charge is 2.32. The number of rotatable bonds is 2. The number of benzene rings is 1. The quantitative estimate of drug-likeness (QED) is 0.875. The fourth-order valence-corrected chi connectivity index (χ4v) is 3.45. The summed E-state index contributed by atoms with van der Waals surface area (Å²) < 4.78 is 0. The molecule has 0 unspecified atom stereocenters. The number of nitrogens with two attached hydrogens (primary N) is 1. The highest BCUT2D eigenvalue weighted by atomic mass is 35.5. The van der Waals surface area contributed by atoms with E-state index >= 15 is 0 Å². The summed E-state index contributed by atoms with van der Waals surface area (Å²) in [5, 5.41) is 3.80. The van der Waals surface area contributed by atoms with Gasteiger partial charge in [-0.15, -0.1) is 0 Å². The molecule has 0 bridgehead atoms. The van der Waals surface area contributed by atoms with Crippen LogP contribution in [0.5, 0.6) is 0 Å². The lowest BCUT2D eigenvalue weighted by Gasteiger charge is -2.21. The molecule has 0 saturated carbocycles. The molecule has 0 radical (unpaired) electrons. The second-order valence-corrected chi connectivity index (χ2v) is 6.09. The van der Waals surface area contributed by atoms with Gasteiger partial charge in [-0.1, -0.05) is 23.7 Å². The Morgan fingerprint density at radius 3 is 2.86 bits per heavy atom. The smallest absolute Gasteiger partial charge is 0.317 e. The van der Waals surface area contributed by atoms with E-state index in [1.807, 2.05) is 18.2 Å². The summed E-state index contributed by atoms with van der Waals surface area (Å²) in [7, 11) is 0. The van der Waals surface area contributed by atoms with Gasteiger partial charge in [-0.3, -0.25) is 4.79 Å². The topological polar surface area (TPSA) is 75.4 Å². The number of fused-ring (bicyclic) bond motifs is 1. The molecule has 1 aromatic rings. The van der Waals surface area contributed by atoms with Gasteiger partial charge in [-0.25, -0.2) is 4.79 Å². The van der Waals surface area contributed by atoms with Crippen molar-refractivity contribution in [1.82, 2.24) is 10.2 Å². The highest BCUT2D eigenvalue weighted by Crippen LogP contribution is 2.35. The Labute approximate surface area is 128 Å². The second kappa shape index (κ2) is 5.56. The number of carbonyl (C=O) groups is 2. The zero-order valence-electron chi connectivity index (χ0n) is 11.6. The summed E-state index contributed by atoms with van der Waals surface area (Å²) in [6.07, 6.45) is 2.39. The average Bonchev–Trinajstić information content (AvgIpc) is 3.07. The van der Waals surface area contributed by atoms with E-state index in [9.17, 15) is 9.59 Å². The molecule has 1 fully saturated rings. The van der Waals surface area contributed by atoms with Gasteiger partial charge >= 0.3 is 6.03 Å². The van der Waals surface area contributed by atoms with Crippen LogP contribution >= 0.6 is 11.6 Å². The van der Waals surface area contributed by atoms with E-state index in [0.29, 0.717) is 19.5 Å². The van der Waals surface area contributed by atoms with Crippen LogP contribution in [0.1, 0.15) is 30.0 Å². The van der Waals surface area contributed by atoms with Crippen molar-refractivity contribution in [2.75, 3.05) is 13.1 Å². The van der Waals surface area contributed by atoms with Crippen molar-refractivity contribution in [3.05, 3.63) is 34.3 Å². The van der Waals surface area contributed by atoms with E-state index in [1.54, 1.807) is 4.90 Å². The number of hydrogen-bond acceptors (Lipinski definition) is 2. The fourth-order valence-electron chi connectivity index (χ4n) is 3.18. The Hall–Kier alpha value is -1.75. The number of halogens is 1. The first kappa shape index (κ1) is 14.2. The number of hydrogen-bond donors (Lipinski definition) is 2. The van der Waals surface area contributed by atoms with Gasteiger partial charge in [0.1, 0.15) is 0 Å². The summed E-state index contributed by atoms with van der Waals surface area (Å²) in [5.41, 5.74) is 7.52. The average molecular weight is 308 g/mol. The summed E-state index contributed by atoms with van der Waals surface area (Å²) in [5.74, 6) is -0.552. The first-order valence-corrected chi connectivity index (χ1v) is 7.56. The summed E-state index contributed by atoms with van der Waals surface area (Å²) in [6, 6.07) is 5.66. The van der Waals surface area contributed by atoms with Crippen LogP contribution in [-0.4, -0.2) is 29.9 Å². The number of carbonyl (C=O) groups excluding carboxylic acids is 2. The van der Waals surface area contributed by atoms with Crippen LogP contribution in [-0.2, 0) is 11.2 Å². The van der Waals surface area contributed by atoms with E-state index in [2.05, 4.69) is 5.32 Å². The van der Waals surface area contributed by atoms with Crippen LogP contribution in [0, 0.1) is 5.92 Å². The van der Waals surface area contributed by atoms with Crippen LogP contribution in [0.3, 0.4) is 0 Å². The lowest BCUT2D eigenvalue weighted by molar-refractivity contribution is -0.121. The Kier molecular flexibility index (Phi) is 3.76. The third-order valence-electron chi connectivity index (χ3n) is 4.39. The van der Waals surface area contributed by atoms with E-state index in [1.165, 1.54) is 0 Å². The Balaban J connectivity index is 1.65. The number of nitrogens with zero attached hydrogens (tertiary/aromatic N) is 1. The maximum atomic E-state index is 12.3. The minimum atomic E-state index is -0.330. The van der Waals surface area contributed by atoms with Crippen molar-refractivity contribution >= 4 is 23.5 Å². The molecule has 2 atom stereocenters. The van der Waals surface area contributed by atoms with E-state index in [-0.39, 0.29) is 23.9 Å². The molecule has 3 N–H and O–H groups in total. The maximum absolute atomic E-state index is 12.3. The summed E-state index contributed by atoms with van der Waals surface area (Å²) in [6.45, 7) is 0.991. The molecule has 1 heterocycles. The van der Waals surface area contributed by atoms with Crippen molar-refractivity contribution in [3.63, 3.8) is 0 Å². The van der Waals surface area contributed by atoms with Gasteiger partial charge < -0.3 is 16.0 Å². The molecular formula is C15H18ClN3O2. The number of amides is 3. The predicted molar refractivity (Wildman–Crippen MR) is 79.9 cm³/mol. The molecule has 1 aliphatic heterocycles. The van der Waals surface area contributed by atoms with Crippen LogP contribution in [0.4, 0.5) is 4.79 Å². The molecule has 3 rings (SSSR count). The maximum Gasteiger partial charge on any atom is 0.317 e. The third kappa shape index (κ3) is 2.70. The molecule has 5 nitrogen and oxygen atoms in total. The zero-order valence-corrected chi connectivity index (χ0v) is 12.4. The standard InChI is InChI=1S/C15H18ClN3O2/c16-12-3-1-2-11-10(12)4-5-13(11)18-15(21)19-7-6-9(8-19)14(17)20/h1-3,9,13H,4-8H2,(H2,17,20)(H,18,21)/t9-,13-/m1/s1. The summed E-state index contributed by atoms with van der Waals surface area (Å²) >= 11 is 6.18. The molecule has 1 aliphatic carbocycles. The molecule has 1 saturated heterocycles.